The monoisotopic (exact) mass is 251 g/mol. The van der Waals surface area contributed by atoms with Crippen LogP contribution in [0.4, 0.5) is 0 Å². The molecule has 1 aromatic rings. The molecule has 0 aromatic carbocycles. The van der Waals surface area contributed by atoms with E-state index in [9.17, 15) is 4.79 Å². The SMILES string of the molecule is Cc1nn(C)c(C)c1CN(CCC(=O)O)C1CC1. The highest BCUT2D eigenvalue weighted by Crippen LogP contribution is 2.29. The van der Waals surface area contributed by atoms with Crippen molar-refractivity contribution < 1.29 is 9.90 Å². The molecule has 1 aliphatic carbocycles. The van der Waals surface area contributed by atoms with E-state index in [-0.39, 0.29) is 6.42 Å². The van der Waals surface area contributed by atoms with Crippen molar-refractivity contribution in [3.8, 4) is 0 Å². The fraction of sp³-hybridized carbons (Fsp3) is 0.692. The van der Waals surface area contributed by atoms with Crippen LogP contribution in [0.15, 0.2) is 0 Å². The highest BCUT2D eigenvalue weighted by molar-refractivity contribution is 5.66. The Kier molecular flexibility index (Phi) is 3.71. The molecular weight excluding hydrogens is 230 g/mol. The van der Waals surface area contributed by atoms with Gasteiger partial charge in [-0.2, -0.15) is 5.10 Å². The number of aryl methyl sites for hydroxylation is 2. The van der Waals surface area contributed by atoms with Crippen LogP contribution in [0.2, 0.25) is 0 Å². The topological polar surface area (TPSA) is 58.4 Å². The lowest BCUT2D eigenvalue weighted by molar-refractivity contribution is -0.137. The molecule has 18 heavy (non-hydrogen) atoms. The van der Waals surface area contributed by atoms with Crippen LogP contribution >= 0.6 is 0 Å². The van der Waals surface area contributed by atoms with E-state index >= 15 is 0 Å². The minimum atomic E-state index is -0.722. The number of hydrogen-bond acceptors (Lipinski definition) is 3. The lowest BCUT2D eigenvalue weighted by Gasteiger charge is -2.21. The summed E-state index contributed by atoms with van der Waals surface area (Å²) in [5, 5.41) is 13.2. The number of carbonyl (C=O) groups is 1. The zero-order valence-corrected chi connectivity index (χ0v) is 11.3. The molecule has 0 spiro atoms. The van der Waals surface area contributed by atoms with E-state index in [0.29, 0.717) is 12.6 Å². The van der Waals surface area contributed by atoms with Gasteiger partial charge in [-0.15, -0.1) is 0 Å². The van der Waals surface area contributed by atoms with Gasteiger partial charge in [0.15, 0.2) is 0 Å². The van der Waals surface area contributed by atoms with Gasteiger partial charge in [0.2, 0.25) is 0 Å². The molecule has 5 heteroatoms. The molecule has 0 bridgehead atoms. The number of hydrogen-bond donors (Lipinski definition) is 1. The first-order valence-electron chi connectivity index (χ1n) is 6.44. The number of carboxylic acids is 1. The molecule has 1 aromatic heterocycles. The minimum Gasteiger partial charge on any atom is -0.481 e. The Bertz CT molecular complexity index is 449. The first-order valence-corrected chi connectivity index (χ1v) is 6.44. The second-order valence-corrected chi connectivity index (χ2v) is 5.12. The predicted molar refractivity (Wildman–Crippen MR) is 68.4 cm³/mol. The molecule has 100 valence electrons. The van der Waals surface area contributed by atoms with Crippen LogP contribution in [0.1, 0.15) is 36.2 Å². The molecule has 0 unspecified atom stereocenters. The van der Waals surface area contributed by atoms with E-state index < -0.39 is 5.97 Å². The molecule has 0 amide bonds. The first kappa shape index (κ1) is 13.1. The van der Waals surface area contributed by atoms with Crippen molar-refractivity contribution in [1.82, 2.24) is 14.7 Å². The summed E-state index contributed by atoms with van der Waals surface area (Å²) in [6.07, 6.45) is 2.60. The summed E-state index contributed by atoms with van der Waals surface area (Å²) in [6.45, 7) is 5.54. The largest absolute Gasteiger partial charge is 0.481 e. The quantitative estimate of drug-likeness (QED) is 0.832. The van der Waals surface area contributed by atoms with Gasteiger partial charge in [-0.3, -0.25) is 14.4 Å². The van der Waals surface area contributed by atoms with Crippen molar-refractivity contribution >= 4 is 5.97 Å². The molecule has 0 radical (unpaired) electrons. The van der Waals surface area contributed by atoms with Crippen molar-refractivity contribution in [3.05, 3.63) is 17.0 Å². The van der Waals surface area contributed by atoms with Crippen molar-refractivity contribution in [3.63, 3.8) is 0 Å². The number of aliphatic carboxylic acids is 1. The predicted octanol–water partition coefficient (Wildman–Crippen LogP) is 1.48. The van der Waals surface area contributed by atoms with E-state index in [4.69, 9.17) is 5.11 Å². The third kappa shape index (κ3) is 2.90. The maximum atomic E-state index is 10.7. The summed E-state index contributed by atoms with van der Waals surface area (Å²) in [6, 6.07) is 0.573. The van der Waals surface area contributed by atoms with E-state index in [1.165, 1.54) is 24.1 Å². The molecule has 1 fully saturated rings. The number of rotatable bonds is 6. The average Bonchev–Trinajstić information content (AvgIpc) is 3.08. The van der Waals surface area contributed by atoms with Crippen LogP contribution in [0.25, 0.3) is 0 Å². The summed E-state index contributed by atoms with van der Waals surface area (Å²) < 4.78 is 1.90. The summed E-state index contributed by atoms with van der Waals surface area (Å²) in [4.78, 5) is 13.0. The maximum absolute atomic E-state index is 10.7. The Hall–Kier alpha value is -1.36. The lowest BCUT2D eigenvalue weighted by Crippen LogP contribution is -2.28. The van der Waals surface area contributed by atoms with Gasteiger partial charge in [0.25, 0.3) is 0 Å². The van der Waals surface area contributed by atoms with E-state index in [1.807, 2.05) is 18.7 Å². The minimum absolute atomic E-state index is 0.217. The number of nitrogens with zero attached hydrogens (tertiary/aromatic N) is 3. The third-order valence-corrected chi connectivity index (χ3v) is 3.70. The zero-order chi connectivity index (χ0) is 13.3. The van der Waals surface area contributed by atoms with Crippen molar-refractivity contribution in [1.29, 1.82) is 0 Å². The summed E-state index contributed by atoms with van der Waals surface area (Å²) in [7, 11) is 1.95. The van der Waals surface area contributed by atoms with Crippen LogP contribution in [-0.4, -0.2) is 38.3 Å². The summed E-state index contributed by atoms with van der Waals surface area (Å²) >= 11 is 0. The Morgan fingerprint density at radius 2 is 2.17 bits per heavy atom. The van der Waals surface area contributed by atoms with Crippen LogP contribution in [0.3, 0.4) is 0 Å². The molecule has 1 saturated carbocycles. The Labute approximate surface area is 107 Å². The first-order chi connectivity index (χ1) is 8.49. The van der Waals surface area contributed by atoms with Gasteiger partial charge in [0.05, 0.1) is 12.1 Å². The van der Waals surface area contributed by atoms with Gasteiger partial charge in [-0.25, -0.2) is 0 Å². The van der Waals surface area contributed by atoms with Crippen molar-refractivity contribution in [2.45, 2.75) is 45.7 Å². The van der Waals surface area contributed by atoms with Gasteiger partial charge in [0.1, 0.15) is 0 Å². The second-order valence-electron chi connectivity index (χ2n) is 5.12. The maximum Gasteiger partial charge on any atom is 0.304 e. The number of carboxylic acid groups (broad SMARTS) is 1. The van der Waals surface area contributed by atoms with E-state index in [1.54, 1.807) is 0 Å². The van der Waals surface area contributed by atoms with Crippen LogP contribution in [0.5, 0.6) is 0 Å². The summed E-state index contributed by atoms with van der Waals surface area (Å²) in [5.74, 6) is -0.722. The van der Waals surface area contributed by atoms with Gasteiger partial charge in [-0.05, 0) is 26.7 Å². The van der Waals surface area contributed by atoms with Gasteiger partial charge >= 0.3 is 5.97 Å². The number of aromatic nitrogens is 2. The summed E-state index contributed by atoms with van der Waals surface area (Å²) in [5.41, 5.74) is 3.47. The Balaban J connectivity index is 2.06. The normalized spacial score (nSPS) is 15.3. The van der Waals surface area contributed by atoms with Crippen LogP contribution in [0, 0.1) is 13.8 Å². The Morgan fingerprint density at radius 1 is 1.50 bits per heavy atom. The van der Waals surface area contributed by atoms with Crippen molar-refractivity contribution in [2.24, 2.45) is 7.05 Å². The highest BCUT2D eigenvalue weighted by atomic mass is 16.4. The van der Waals surface area contributed by atoms with E-state index in [0.717, 1.165) is 12.2 Å². The second kappa shape index (κ2) is 5.10. The molecule has 5 nitrogen and oxygen atoms in total. The highest BCUT2D eigenvalue weighted by Gasteiger charge is 2.30. The van der Waals surface area contributed by atoms with Crippen molar-refractivity contribution in [2.75, 3.05) is 6.54 Å². The molecule has 0 atom stereocenters. The molecule has 1 N–H and O–H groups in total. The van der Waals surface area contributed by atoms with Crippen LogP contribution < -0.4 is 0 Å². The lowest BCUT2D eigenvalue weighted by atomic mass is 10.1. The van der Waals surface area contributed by atoms with Gasteiger partial charge < -0.3 is 5.11 Å². The fourth-order valence-electron chi connectivity index (χ4n) is 2.32. The molecule has 2 rings (SSSR count). The molecule has 1 heterocycles. The molecule has 0 saturated heterocycles. The molecular formula is C13H21N3O2. The van der Waals surface area contributed by atoms with Crippen LogP contribution in [-0.2, 0) is 18.4 Å². The van der Waals surface area contributed by atoms with Gasteiger partial charge in [0, 0.05) is 37.4 Å². The van der Waals surface area contributed by atoms with Gasteiger partial charge in [-0.1, -0.05) is 0 Å². The zero-order valence-electron chi connectivity index (χ0n) is 11.3. The standard InChI is InChI=1S/C13H21N3O2/c1-9-12(10(2)15(3)14-9)8-16(11-4-5-11)7-6-13(17)18/h11H,4-8H2,1-3H3,(H,17,18). The molecule has 0 aliphatic heterocycles. The Morgan fingerprint density at radius 3 is 2.61 bits per heavy atom. The molecule has 1 aliphatic rings. The average molecular weight is 251 g/mol. The van der Waals surface area contributed by atoms with E-state index in [2.05, 4.69) is 16.9 Å². The smallest absolute Gasteiger partial charge is 0.304 e. The fourth-order valence-corrected chi connectivity index (χ4v) is 2.32. The third-order valence-electron chi connectivity index (χ3n) is 3.70.